The van der Waals surface area contributed by atoms with Crippen LogP contribution in [0.15, 0.2) is 85.1 Å². The second-order valence-corrected chi connectivity index (χ2v) is 8.58. The summed E-state index contributed by atoms with van der Waals surface area (Å²) in [5.74, 6) is 0.817. The molecule has 166 valence electrons. The Morgan fingerprint density at radius 1 is 0.909 bits per heavy atom. The van der Waals surface area contributed by atoms with Gasteiger partial charge in [-0.25, -0.2) is 0 Å². The van der Waals surface area contributed by atoms with Gasteiger partial charge in [-0.1, -0.05) is 24.3 Å². The summed E-state index contributed by atoms with van der Waals surface area (Å²) in [5.41, 5.74) is 6.72. The molecule has 0 amide bonds. The number of ether oxygens (including phenoxy) is 1. The van der Waals surface area contributed by atoms with Crippen LogP contribution in [-0.4, -0.2) is 21.8 Å². The Hall–Kier alpha value is -3.64. The first-order valence-electron chi connectivity index (χ1n) is 11.0. The molecule has 0 saturated carbocycles. The number of anilines is 1. The van der Waals surface area contributed by atoms with Gasteiger partial charge in [0.05, 0.1) is 24.9 Å². The molecule has 2 aromatic heterocycles. The smallest absolute Gasteiger partial charge is 0.174 e. The van der Waals surface area contributed by atoms with Gasteiger partial charge in [0.25, 0.3) is 0 Å². The topological polar surface area (TPSA) is 42.3 Å². The van der Waals surface area contributed by atoms with Gasteiger partial charge in [-0.2, -0.15) is 0 Å². The molecule has 1 aliphatic rings. The van der Waals surface area contributed by atoms with E-state index in [1.165, 1.54) is 17.0 Å². The van der Waals surface area contributed by atoms with Gasteiger partial charge in [-0.05, 0) is 86.2 Å². The van der Waals surface area contributed by atoms with Crippen LogP contribution in [0.2, 0.25) is 0 Å². The van der Waals surface area contributed by atoms with Gasteiger partial charge in [-0.3, -0.25) is 4.98 Å². The van der Waals surface area contributed by atoms with Gasteiger partial charge in [-0.15, -0.1) is 0 Å². The molecule has 0 unspecified atom stereocenters. The van der Waals surface area contributed by atoms with Crippen LogP contribution in [0.3, 0.4) is 0 Å². The molecule has 0 spiro atoms. The minimum atomic E-state index is -0.0782. The lowest BCUT2D eigenvalue weighted by Gasteiger charge is -2.28. The third kappa shape index (κ3) is 3.76. The van der Waals surface area contributed by atoms with E-state index in [9.17, 15) is 0 Å². The predicted octanol–water partition coefficient (Wildman–Crippen LogP) is 5.67. The highest BCUT2D eigenvalue weighted by Crippen LogP contribution is 2.43. The molecule has 5 rings (SSSR count). The zero-order valence-corrected chi connectivity index (χ0v) is 19.7. The molecule has 1 fully saturated rings. The van der Waals surface area contributed by atoms with Crippen LogP contribution in [0.4, 0.5) is 5.69 Å². The Morgan fingerprint density at radius 2 is 1.64 bits per heavy atom. The Kier molecular flexibility index (Phi) is 5.60. The predicted molar refractivity (Wildman–Crippen MR) is 136 cm³/mol. The van der Waals surface area contributed by atoms with Crippen LogP contribution in [0.5, 0.6) is 5.75 Å². The minimum absolute atomic E-state index is 0.0514. The molecular weight excluding hydrogens is 428 g/mol. The normalized spacial score (nSPS) is 17.8. The lowest BCUT2D eigenvalue weighted by Crippen LogP contribution is -2.29. The fourth-order valence-electron chi connectivity index (χ4n) is 4.75. The average molecular weight is 455 g/mol. The number of aromatic nitrogens is 2. The van der Waals surface area contributed by atoms with Crippen LogP contribution >= 0.6 is 12.2 Å². The van der Waals surface area contributed by atoms with Crippen LogP contribution in [0.1, 0.15) is 34.7 Å². The number of rotatable bonds is 5. The summed E-state index contributed by atoms with van der Waals surface area (Å²) in [4.78, 5) is 6.87. The first kappa shape index (κ1) is 21.2. The van der Waals surface area contributed by atoms with E-state index in [-0.39, 0.29) is 12.1 Å². The monoisotopic (exact) mass is 454 g/mol. The summed E-state index contributed by atoms with van der Waals surface area (Å²) < 4.78 is 7.67. The summed E-state index contributed by atoms with van der Waals surface area (Å²) in [6, 6.07) is 26.7. The average Bonchev–Trinajstić information content (AvgIpc) is 3.35. The highest BCUT2D eigenvalue weighted by Gasteiger charge is 2.42. The van der Waals surface area contributed by atoms with Gasteiger partial charge in [0.1, 0.15) is 5.75 Å². The molecule has 1 saturated heterocycles. The Balaban J connectivity index is 1.66. The van der Waals surface area contributed by atoms with E-state index in [1.54, 1.807) is 7.11 Å². The quantitative estimate of drug-likeness (QED) is 0.393. The van der Waals surface area contributed by atoms with Gasteiger partial charge < -0.3 is 19.5 Å². The van der Waals surface area contributed by atoms with Crippen molar-refractivity contribution >= 4 is 23.0 Å². The van der Waals surface area contributed by atoms with Crippen LogP contribution in [0.25, 0.3) is 5.69 Å². The number of thiocarbonyl (C=S) groups is 1. The number of nitrogens with zero attached hydrogens (tertiary/aromatic N) is 3. The van der Waals surface area contributed by atoms with Crippen LogP contribution in [-0.2, 0) is 0 Å². The van der Waals surface area contributed by atoms with Crippen molar-refractivity contribution in [3.8, 4) is 11.4 Å². The summed E-state index contributed by atoms with van der Waals surface area (Å²) >= 11 is 5.86. The summed E-state index contributed by atoms with van der Waals surface area (Å²) in [7, 11) is 1.68. The van der Waals surface area contributed by atoms with Gasteiger partial charge >= 0.3 is 0 Å². The molecule has 4 aromatic rings. The molecule has 2 aromatic carbocycles. The number of benzene rings is 2. The Morgan fingerprint density at radius 3 is 2.30 bits per heavy atom. The lowest BCUT2D eigenvalue weighted by atomic mass is 9.96. The maximum Gasteiger partial charge on any atom is 0.174 e. The molecule has 0 bridgehead atoms. The van der Waals surface area contributed by atoms with Crippen molar-refractivity contribution in [1.29, 1.82) is 0 Å². The molecule has 33 heavy (non-hydrogen) atoms. The van der Waals surface area contributed by atoms with E-state index >= 15 is 0 Å². The number of aryl methyl sites for hydroxylation is 1. The SMILES string of the molecule is COc1ccc(N2C(=S)N[C@H](c3ccccn3)[C@H]2c2cc(C)n(-c3ccccc3)c2C)cc1. The first-order chi connectivity index (χ1) is 16.1. The van der Waals surface area contributed by atoms with Gasteiger partial charge in [0, 0.05) is 29.0 Å². The molecule has 2 atom stereocenters. The van der Waals surface area contributed by atoms with Gasteiger partial charge in [0.2, 0.25) is 0 Å². The lowest BCUT2D eigenvalue weighted by molar-refractivity contribution is 0.415. The fourth-order valence-corrected chi connectivity index (χ4v) is 5.10. The standard InChI is InChI=1S/C27H26N4OS/c1-18-17-23(19(2)30(18)20-9-5-4-6-10-20)26-25(24-11-7-8-16-28-24)29-27(33)31(26)21-12-14-22(32-3)15-13-21/h4-17,25-26H,1-3H3,(H,29,33)/t25-,26-/m1/s1. The number of para-hydroxylation sites is 1. The second kappa shape index (κ2) is 8.71. The largest absolute Gasteiger partial charge is 0.497 e. The number of methoxy groups -OCH3 is 1. The van der Waals surface area contributed by atoms with Gasteiger partial charge in [0.15, 0.2) is 5.11 Å². The Labute approximate surface area is 199 Å². The van der Waals surface area contributed by atoms with Crippen molar-refractivity contribution < 1.29 is 4.74 Å². The van der Waals surface area contributed by atoms with E-state index < -0.39 is 0 Å². The number of hydrogen-bond donors (Lipinski definition) is 1. The van der Waals surface area contributed by atoms with Crippen molar-refractivity contribution in [3.63, 3.8) is 0 Å². The van der Waals surface area contributed by atoms with Crippen molar-refractivity contribution in [2.24, 2.45) is 0 Å². The van der Waals surface area contributed by atoms with Crippen LogP contribution in [0, 0.1) is 13.8 Å². The third-order valence-electron chi connectivity index (χ3n) is 6.25. The maximum absolute atomic E-state index is 5.86. The molecule has 6 heteroatoms. The van der Waals surface area contributed by atoms with Crippen molar-refractivity contribution in [1.82, 2.24) is 14.9 Å². The minimum Gasteiger partial charge on any atom is -0.497 e. The van der Waals surface area contributed by atoms with Crippen molar-refractivity contribution in [3.05, 3.63) is 108 Å². The molecule has 5 nitrogen and oxygen atoms in total. The highest BCUT2D eigenvalue weighted by molar-refractivity contribution is 7.80. The fraction of sp³-hybridized carbons (Fsp3) is 0.185. The molecule has 3 heterocycles. The number of pyridine rings is 1. The van der Waals surface area contributed by atoms with E-state index in [4.69, 9.17) is 17.0 Å². The molecule has 0 aliphatic carbocycles. The second-order valence-electron chi connectivity index (χ2n) is 8.19. The third-order valence-corrected chi connectivity index (χ3v) is 6.57. The highest BCUT2D eigenvalue weighted by atomic mass is 32.1. The van der Waals surface area contributed by atoms with E-state index in [1.807, 2.05) is 36.5 Å². The maximum atomic E-state index is 5.86. The summed E-state index contributed by atoms with van der Waals surface area (Å²) in [6.07, 6.45) is 1.83. The van der Waals surface area contributed by atoms with Crippen molar-refractivity contribution in [2.75, 3.05) is 12.0 Å². The number of nitrogens with one attached hydrogen (secondary N) is 1. The zero-order chi connectivity index (χ0) is 22.9. The summed E-state index contributed by atoms with van der Waals surface area (Å²) in [6.45, 7) is 4.33. The molecule has 1 N–H and O–H groups in total. The van der Waals surface area contributed by atoms with E-state index in [2.05, 4.69) is 82.1 Å². The molecule has 1 aliphatic heterocycles. The first-order valence-corrected chi connectivity index (χ1v) is 11.4. The number of hydrogen-bond acceptors (Lipinski definition) is 3. The van der Waals surface area contributed by atoms with E-state index in [0.29, 0.717) is 5.11 Å². The zero-order valence-electron chi connectivity index (χ0n) is 18.9. The van der Waals surface area contributed by atoms with E-state index in [0.717, 1.165) is 22.8 Å². The molecular formula is C27H26N4OS. The molecule has 0 radical (unpaired) electrons. The van der Waals surface area contributed by atoms with Crippen molar-refractivity contribution in [2.45, 2.75) is 25.9 Å². The van der Waals surface area contributed by atoms with Crippen LogP contribution < -0.4 is 15.0 Å². The summed E-state index contributed by atoms with van der Waals surface area (Å²) in [5, 5.41) is 4.23. The Bertz CT molecular complexity index is 1270.